The van der Waals surface area contributed by atoms with Gasteiger partial charge in [0.15, 0.2) is 6.10 Å². The second kappa shape index (κ2) is 7.85. The first kappa shape index (κ1) is 22.0. The molecule has 0 radical (unpaired) electrons. The molecule has 1 saturated carbocycles. The molecule has 1 N–H and O–H groups in total. The van der Waals surface area contributed by atoms with Crippen molar-refractivity contribution < 1.29 is 23.9 Å². The Labute approximate surface area is 177 Å². The lowest BCUT2D eigenvalue weighted by molar-refractivity contribution is -0.150. The lowest BCUT2D eigenvalue weighted by Crippen LogP contribution is -2.54. The Kier molecular flexibility index (Phi) is 5.76. The molecule has 1 aromatic carbocycles. The van der Waals surface area contributed by atoms with Gasteiger partial charge in [-0.2, -0.15) is 0 Å². The maximum Gasteiger partial charge on any atom is 0.326 e. The molecule has 1 aliphatic carbocycles. The van der Waals surface area contributed by atoms with Crippen molar-refractivity contribution in [1.82, 2.24) is 10.2 Å². The Balaban J connectivity index is 1.65. The quantitative estimate of drug-likeness (QED) is 0.454. The van der Waals surface area contributed by atoms with Crippen molar-refractivity contribution in [2.45, 2.75) is 65.5 Å². The lowest BCUT2D eigenvalue weighted by Gasteiger charge is -2.43. The molecule has 7 nitrogen and oxygen atoms in total. The maximum absolute atomic E-state index is 13.1. The van der Waals surface area contributed by atoms with Gasteiger partial charge in [-0.1, -0.05) is 50.6 Å². The fourth-order valence-corrected chi connectivity index (χ4v) is 5.02. The number of carbonyl (C=O) groups excluding carboxylic acids is 4. The molecule has 1 aliphatic heterocycles. The fraction of sp³-hybridized carbons (Fsp3) is 0.565. The highest BCUT2D eigenvalue weighted by Crippen LogP contribution is 2.46. The Bertz CT molecular complexity index is 876. The second-order valence-electron chi connectivity index (χ2n) is 9.62. The number of hydrogen-bond acceptors (Lipinski definition) is 5. The number of imide groups is 1. The summed E-state index contributed by atoms with van der Waals surface area (Å²) >= 11 is 0. The van der Waals surface area contributed by atoms with E-state index in [1.54, 1.807) is 24.3 Å². The van der Waals surface area contributed by atoms with Gasteiger partial charge in [0.25, 0.3) is 5.91 Å². The Morgan fingerprint density at radius 3 is 2.43 bits per heavy atom. The van der Waals surface area contributed by atoms with E-state index < -0.39 is 30.2 Å². The van der Waals surface area contributed by atoms with Gasteiger partial charge in [-0.25, -0.2) is 4.79 Å². The van der Waals surface area contributed by atoms with Crippen molar-refractivity contribution in [2.24, 2.45) is 11.3 Å². The number of amides is 3. The standard InChI is InChI=1S/C23H30N2O5/c1-14-6-8-17(9-7-14)19(27)16(3)30-18(26)12-25-20(28)23(24-21(25)29)11-15(2)10-22(4,5)13-23/h6-9,15-16H,10-13H2,1-5H3,(H,24,29)/t15-,16-,23+/m1/s1. The molecule has 1 aromatic rings. The first-order chi connectivity index (χ1) is 13.9. The summed E-state index contributed by atoms with van der Waals surface area (Å²) in [7, 11) is 0. The molecule has 30 heavy (non-hydrogen) atoms. The predicted octanol–water partition coefficient (Wildman–Crippen LogP) is 3.25. The van der Waals surface area contributed by atoms with Gasteiger partial charge in [-0.3, -0.25) is 19.3 Å². The van der Waals surface area contributed by atoms with Crippen LogP contribution in [0.15, 0.2) is 24.3 Å². The summed E-state index contributed by atoms with van der Waals surface area (Å²) in [5.74, 6) is -1.23. The minimum atomic E-state index is -1.01. The molecule has 1 spiro atoms. The van der Waals surface area contributed by atoms with Crippen molar-refractivity contribution in [2.75, 3.05) is 6.54 Å². The number of carbonyl (C=O) groups is 4. The topological polar surface area (TPSA) is 92.8 Å². The van der Waals surface area contributed by atoms with E-state index in [1.165, 1.54) is 6.92 Å². The van der Waals surface area contributed by atoms with E-state index in [9.17, 15) is 19.2 Å². The lowest BCUT2D eigenvalue weighted by atomic mass is 9.64. The Morgan fingerprint density at radius 2 is 1.83 bits per heavy atom. The number of nitrogens with zero attached hydrogens (tertiary/aromatic N) is 1. The van der Waals surface area contributed by atoms with Crippen LogP contribution in [-0.2, 0) is 14.3 Å². The van der Waals surface area contributed by atoms with Crippen LogP contribution >= 0.6 is 0 Å². The van der Waals surface area contributed by atoms with Crippen molar-refractivity contribution in [3.8, 4) is 0 Å². The number of hydrogen-bond donors (Lipinski definition) is 1. The number of Topliss-reactive ketones (excluding diaryl/α,β-unsaturated/α-hetero) is 1. The number of aryl methyl sites for hydroxylation is 1. The third-order valence-electron chi connectivity index (χ3n) is 5.92. The number of ketones is 1. The van der Waals surface area contributed by atoms with Gasteiger partial charge in [0.1, 0.15) is 12.1 Å². The number of benzene rings is 1. The zero-order chi connectivity index (χ0) is 22.3. The number of ether oxygens (including phenoxy) is 1. The summed E-state index contributed by atoms with van der Waals surface area (Å²) in [5.41, 5.74) is 0.394. The monoisotopic (exact) mass is 414 g/mol. The molecule has 3 amide bonds. The second-order valence-corrected chi connectivity index (χ2v) is 9.62. The third-order valence-corrected chi connectivity index (χ3v) is 5.92. The highest BCUT2D eigenvalue weighted by molar-refractivity contribution is 6.09. The summed E-state index contributed by atoms with van der Waals surface area (Å²) in [6.45, 7) is 9.12. The normalized spacial score (nSPS) is 26.4. The first-order valence-electron chi connectivity index (χ1n) is 10.4. The molecule has 0 bridgehead atoms. The molecule has 1 saturated heterocycles. The van der Waals surface area contributed by atoms with Crippen molar-refractivity contribution >= 4 is 23.7 Å². The Hall–Kier alpha value is -2.70. The molecule has 0 unspecified atom stereocenters. The van der Waals surface area contributed by atoms with Gasteiger partial charge in [-0.05, 0) is 44.4 Å². The highest BCUT2D eigenvalue weighted by atomic mass is 16.5. The van der Waals surface area contributed by atoms with Gasteiger partial charge in [-0.15, -0.1) is 0 Å². The summed E-state index contributed by atoms with van der Waals surface area (Å²) < 4.78 is 5.23. The van der Waals surface area contributed by atoms with Crippen molar-refractivity contribution in [3.63, 3.8) is 0 Å². The molecular formula is C23H30N2O5. The number of esters is 1. The van der Waals surface area contributed by atoms with Crippen LogP contribution in [0.5, 0.6) is 0 Å². The number of rotatable bonds is 5. The van der Waals surface area contributed by atoms with Gasteiger partial charge in [0.2, 0.25) is 5.78 Å². The van der Waals surface area contributed by atoms with Gasteiger partial charge >= 0.3 is 12.0 Å². The summed E-state index contributed by atoms with van der Waals surface area (Å²) in [5, 5.41) is 2.83. The zero-order valence-electron chi connectivity index (χ0n) is 18.3. The summed E-state index contributed by atoms with van der Waals surface area (Å²) in [4.78, 5) is 51.4. The highest BCUT2D eigenvalue weighted by Gasteiger charge is 2.56. The predicted molar refractivity (Wildman–Crippen MR) is 111 cm³/mol. The fourth-order valence-electron chi connectivity index (χ4n) is 5.02. The van der Waals surface area contributed by atoms with Crippen LogP contribution in [-0.4, -0.2) is 46.8 Å². The van der Waals surface area contributed by atoms with Crippen LogP contribution in [0.3, 0.4) is 0 Å². The van der Waals surface area contributed by atoms with E-state index in [1.807, 2.05) is 6.92 Å². The van der Waals surface area contributed by atoms with E-state index >= 15 is 0 Å². The van der Waals surface area contributed by atoms with E-state index in [2.05, 4.69) is 26.1 Å². The summed E-state index contributed by atoms with van der Waals surface area (Å²) in [6.07, 6.45) is 1.04. The zero-order valence-corrected chi connectivity index (χ0v) is 18.3. The molecule has 1 heterocycles. The Morgan fingerprint density at radius 1 is 1.20 bits per heavy atom. The number of nitrogens with one attached hydrogen (secondary N) is 1. The van der Waals surface area contributed by atoms with E-state index in [4.69, 9.17) is 4.74 Å². The number of urea groups is 1. The van der Waals surface area contributed by atoms with Crippen LogP contribution in [0, 0.1) is 18.3 Å². The van der Waals surface area contributed by atoms with E-state index in [0.717, 1.165) is 16.9 Å². The third kappa shape index (κ3) is 4.40. The van der Waals surface area contributed by atoms with E-state index in [-0.39, 0.29) is 23.0 Å². The first-order valence-corrected chi connectivity index (χ1v) is 10.4. The van der Waals surface area contributed by atoms with E-state index in [0.29, 0.717) is 18.4 Å². The average molecular weight is 415 g/mol. The molecule has 3 atom stereocenters. The minimum absolute atomic E-state index is 0.0912. The molecule has 162 valence electrons. The molecular weight excluding hydrogens is 384 g/mol. The maximum atomic E-state index is 13.1. The molecule has 2 fully saturated rings. The van der Waals surface area contributed by atoms with Crippen LogP contribution in [0.4, 0.5) is 4.79 Å². The van der Waals surface area contributed by atoms with Crippen molar-refractivity contribution in [1.29, 1.82) is 0 Å². The molecule has 2 aliphatic rings. The molecule has 3 rings (SSSR count). The smallest absolute Gasteiger partial charge is 0.326 e. The molecule has 0 aromatic heterocycles. The van der Waals surface area contributed by atoms with Crippen molar-refractivity contribution in [3.05, 3.63) is 35.4 Å². The van der Waals surface area contributed by atoms with Gasteiger partial charge < -0.3 is 10.1 Å². The average Bonchev–Trinajstić information content (AvgIpc) is 2.83. The molecule has 7 heteroatoms. The van der Waals surface area contributed by atoms with Gasteiger partial charge in [0.05, 0.1) is 0 Å². The van der Waals surface area contributed by atoms with Crippen LogP contribution in [0.2, 0.25) is 0 Å². The minimum Gasteiger partial charge on any atom is -0.453 e. The van der Waals surface area contributed by atoms with Crippen LogP contribution in [0.25, 0.3) is 0 Å². The SMILES string of the molecule is Cc1ccc(C(=O)[C@@H](C)OC(=O)CN2C(=O)N[C@]3(C[C@H](C)CC(C)(C)C3)C2=O)cc1. The van der Waals surface area contributed by atoms with Crippen LogP contribution in [0.1, 0.15) is 62.9 Å². The van der Waals surface area contributed by atoms with Crippen LogP contribution < -0.4 is 5.32 Å². The summed E-state index contributed by atoms with van der Waals surface area (Å²) in [6, 6.07) is 6.38. The van der Waals surface area contributed by atoms with Gasteiger partial charge in [0, 0.05) is 5.56 Å². The largest absolute Gasteiger partial charge is 0.453 e.